The lowest BCUT2D eigenvalue weighted by molar-refractivity contribution is -0.135. The van der Waals surface area contributed by atoms with Gasteiger partial charge in [-0.15, -0.1) is 0 Å². The molecular formula is C18H29N5O3. The van der Waals surface area contributed by atoms with E-state index in [4.69, 9.17) is 4.74 Å². The summed E-state index contributed by atoms with van der Waals surface area (Å²) in [6.07, 6.45) is 2.09. The zero-order valence-corrected chi connectivity index (χ0v) is 15.7. The third-order valence-electron chi connectivity index (χ3n) is 4.98. The van der Waals surface area contributed by atoms with Gasteiger partial charge in [0, 0.05) is 39.3 Å². The molecule has 1 aromatic heterocycles. The van der Waals surface area contributed by atoms with Crippen molar-refractivity contribution in [1.29, 1.82) is 0 Å². The summed E-state index contributed by atoms with van der Waals surface area (Å²) in [5.41, 5.74) is 1.32. The third kappa shape index (κ3) is 4.07. The molecule has 2 amide bonds. The van der Waals surface area contributed by atoms with Gasteiger partial charge in [0.2, 0.25) is 5.91 Å². The number of nitrogens with zero attached hydrogens (tertiary/aromatic N) is 4. The zero-order valence-electron chi connectivity index (χ0n) is 15.7. The normalized spacial score (nSPS) is 20.6. The molecular weight excluding hydrogens is 334 g/mol. The number of hydrogen-bond donors (Lipinski definition) is 1. The fourth-order valence-corrected chi connectivity index (χ4v) is 3.65. The van der Waals surface area contributed by atoms with E-state index in [1.807, 2.05) is 18.7 Å². The molecule has 2 fully saturated rings. The van der Waals surface area contributed by atoms with Crippen molar-refractivity contribution in [2.75, 3.05) is 45.9 Å². The molecule has 0 aliphatic carbocycles. The van der Waals surface area contributed by atoms with E-state index in [-0.39, 0.29) is 11.8 Å². The maximum Gasteiger partial charge on any atom is 0.272 e. The van der Waals surface area contributed by atoms with Crippen molar-refractivity contribution in [2.45, 2.75) is 39.3 Å². The highest BCUT2D eigenvalue weighted by Gasteiger charge is 2.36. The number of hydrogen-bond acceptors (Lipinski definition) is 5. The van der Waals surface area contributed by atoms with Crippen LogP contribution in [0.2, 0.25) is 0 Å². The van der Waals surface area contributed by atoms with Crippen LogP contribution >= 0.6 is 0 Å². The number of aromatic nitrogens is 2. The van der Waals surface area contributed by atoms with E-state index < -0.39 is 6.04 Å². The van der Waals surface area contributed by atoms with E-state index in [0.29, 0.717) is 45.1 Å². The van der Waals surface area contributed by atoms with Crippen molar-refractivity contribution in [2.24, 2.45) is 0 Å². The summed E-state index contributed by atoms with van der Waals surface area (Å²) in [6.45, 7) is 8.80. The summed E-state index contributed by atoms with van der Waals surface area (Å²) in [5, 5.41) is 7.68. The van der Waals surface area contributed by atoms with Gasteiger partial charge in [-0.3, -0.25) is 14.3 Å². The van der Waals surface area contributed by atoms with Gasteiger partial charge in [-0.25, -0.2) is 0 Å². The van der Waals surface area contributed by atoms with Crippen LogP contribution in [0.4, 0.5) is 0 Å². The van der Waals surface area contributed by atoms with Gasteiger partial charge in [0.05, 0.1) is 18.8 Å². The van der Waals surface area contributed by atoms with E-state index in [2.05, 4.69) is 10.4 Å². The molecule has 3 heterocycles. The van der Waals surface area contributed by atoms with Gasteiger partial charge in [0.15, 0.2) is 0 Å². The Labute approximate surface area is 154 Å². The van der Waals surface area contributed by atoms with Crippen molar-refractivity contribution < 1.29 is 14.3 Å². The largest absolute Gasteiger partial charge is 0.380 e. The third-order valence-corrected chi connectivity index (χ3v) is 4.98. The molecule has 2 aliphatic rings. The Balaban J connectivity index is 1.77. The second-order valence-corrected chi connectivity index (χ2v) is 6.84. The number of rotatable bonds is 6. The Hall–Kier alpha value is -1.93. The van der Waals surface area contributed by atoms with E-state index in [1.165, 1.54) is 0 Å². The fourth-order valence-electron chi connectivity index (χ4n) is 3.65. The van der Waals surface area contributed by atoms with Gasteiger partial charge < -0.3 is 19.9 Å². The van der Waals surface area contributed by atoms with E-state index in [9.17, 15) is 9.59 Å². The number of ether oxygens (including phenoxy) is 1. The summed E-state index contributed by atoms with van der Waals surface area (Å²) in [6, 6.07) is 1.36. The molecule has 0 spiro atoms. The first-order valence-corrected chi connectivity index (χ1v) is 9.54. The number of piperazine rings is 1. The summed E-state index contributed by atoms with van der Waals surface area (Å²) in [5.74, 6) is -0.0682. The van der Waals surface area contributed by atoms with Crippen molar-refractivity contribution in [3.05, 3.63) is 17.5 Å². The first-order chi connectivity index (χ1) is 12.6. The molecule has 144 valence electrons. The predicted octanol–water partition coefficient (Wildman–Crippen LogP) is 0.264. The summed E-state index contributed by atoms with van der Waals surface area (Å²) in [7, 11) is 0. The molecule has 2 aliphatic heterocycles. The summed E-state index contributed by atoms with van der Waals surface area (Å²) in [4.78, 5) is 29.7. The quantitative estimate of drug-likeness (QED) is 0.734. The molecule has 26 heavy (non-hydrogen) atoms. The number of aryl methyl sites for hydroxylation is 1. The van der Waals surface area contributed by atoms with Crippen LogP contribution in [0.3, 0.4) is 0 Å². The standard InChI is InChI=1S/C18H29N5O3/c1-3-26-11-10-23-15(12-14(2)20-23)18(25)22-9-6-19-13-16(22)17(24)21-7-4-5-8-21/h12,16,19H,3-11,13H2,1-2H3. The number of carbonyl (C=O) groups excluding carboxylic acids is 2. The molecule has 1 atom stereocenters. The highest BCUT2D eigenvalue weighted by molar-refractivity contribution is 5.96. The van der Waals surface area contributed by atoms with Gasteiger partial charge in [0.1, 0.15) is 11.7 Å². The first-order valence-electron chi connectivity index (χ1n) is 9.54. The Morgan fingerprint density at radius 3 is 2.81 bits per heavy atom. The molecule has 1 aromatic rings. The minimum Gasteiger partial charge on any atom is -0.380 e. The predicted molar refractivity (Wildman–Crippen MR) is 97.0 cm³/mol. The Morgan fingerprint density at radius 1 is 1.31 bits per heavy atom. The molecule has 0 saturated carbocycles. The average Bonchev–Trinajstić information content (AvgIpc) is 3.31. The molecule has 0 bridgehead atoms. The van der Waals surface area contributed by atoms with Crippen LogP contribution in [-0.2, 0) is 16.1 Å². The Morgan fingerprint density at radius 2 is 2.08 bits per heavy atom. The summed E-state index contributed by atoms with van der Waals surface area (Å²) >= 11 is 0. The molecule has 1 unspecified atom stereocenters. The molecule has 1 N–H and O–H groups in total. The average molecular weight is 363 g/mol. The van der Waals surface area contributed by atoms with E-state index >= 15 is 0 Å². The van der Waals surface area contributed by atoms with Crippen LogP contribution in [0.15, 0.2) is 6.07 Å². The second-order valence-electron chi connectivity index (χ2n) is 6.84. The molecule has 3 rings (SSSR count). The van der Waals surface area contributed by atoms with Crippen LogP contribution in [0, 0.1) is 6.92 Å². The SMILES string of the molecule is CCOCCn1nc(C)cc1C(=O)N1CCNCC1C(=O)N1CCCC1. The van der Waals surface area contributed by atoms with Crippen molar-refractivity contribution >= 4 is 11.8 Å². The number of amides is 2. The first kappa shape index (κ1) is 18.8. The maximum atomic E-state index is 13.2. The van der Waals surface area contributed by atoms with Crippen molar-refractivity contribution in [3.63, 3.8) is 0 Å². The molecule has 0 radical (unpaired) electrons. The second kappa shape index (κ2) is 8.64. The number of likely N-dealkylation sites (tertiary alicyclic amines) is 1. The monoisotopic (exact) mass is 363 g/mol. The van der Waals surface area contributed by atoms with Gasteiger partial charge >= 0.3 is 0 Å². The van der Waals surface area contributed by atoms with Gasteiger partial charge in [-0.05, 0) is 32.8 Å². The van der Waals surface area contributed by atoms with E-state index in [1.54, 1.807) is 15.6 Å². The molecule has 8 nitrogen and oxygen atoms in total. The Bertz CT molecular complexity index is 639. The van der Waals surface area contributed by atoms with Crippen LogP contribution < -0.4 is 5.32 Å². The highest BCUT2D eigenvalue weighted by atomic mass is 16.5. The van der Waals surface area contributed by atoms with Gasteiger partial charge in [-0.1, -0.05) is 0 Å². The lowest BCUT2D eigenvalue weighted by Crippen LogP contribution is -2.60. The lowest BCUT2D eigenvalue weighted by atomic mass is 10.1. The smallest absolute Gasteiger partial charge is 0.272 e. The Kier molecular flexibility index (Phi) is 6.26. The van der Waals surface area contributed by atoms with Crippen molar-refractivity contribution in [1.82, 2.24) is 24.9 Å². The molecule has 8 heteroatoms. The minimum absolute atomic E-state index is 0.0557. The molecule has 2 saturated heterocycles. The van der Waals surface area contributed by atoms with Crippen LogP contribution in [0.25, 0.3) is 0 Å². The van der Waals surface area contributed by atoms with E-state index in [0.717, 1.165) is 31.6 Å². The minimum atomic E-state index is -0.440. The number of carbonyl (C=O) groups is 2. The fraction of sp³-hybridized carbons (Fsp3) is 0.722. The van der Waals surface area contributed by atoms with Gasteiger partial charge in [-0.2, -0.15) is 5.10 Å². The van der Waals surface area contributed by atoms with Gasteiger partial charge in [0.25, 0.3) is 5.91 Å². The lowest BCUT2D eigenvalue weighted by Gasteiger charge is -2.37. The zero-order chi connectivity index (χ0) is 18.5. The maximum absolute atomic E-state index is 13.2. The molecule has 0 aromatic carbocycles. The highest BCUT2D eigenvalue weighted by Crippen LogP contribution is 2.17. The number of nitrogens with one attached hydrogen (secondary N) is 1. The van der Waals surface area contributed by atoms with Crippen LogP contribution in [0.5, 0.6) is 0 Å². The van der Waals surface area contributed by atoms with Crippen molar-refractivity contribution in [3.8, 4) is 0 Å². The topological polar surface area (TPSA) is 79.7 Å². The van der Waals surface area contributed by atoms with Crippen LogP contribution in [0.1, 0.15) is 35.9 Å². The van der Waals surface area contributed by atoms with Crippen LogP contribution in [-0.4, -0.2) is 83.4 Å². The summed E-state index contributed by atoms with van der Waals surface area (Å²) < 4.78 is 7.10.